The third-order valence-corrected chi connectivity index (χ3v) is 2.03. The van der Waals surface area contributed by atoms with Gasteiger partial charge in [0.05, 0.1) is 5.54 Å². The van der Waals surface area contributed by atoms with Crippen molar-refractivity contribution in [3.8, 4) is 0 Å². The lowest BCUT2D eigenvalue weighted by Gasteiger charge is -2.03. The molecule has 1 aliphatic rings. The van der Waals surface area contributed by atoms with Crippen LogP contribution < -0.4 is 10.6 Å². The Morgan fingerprint density at radius 3 is 2.46 bits per heavy atom. The SMILES string of the molecule is CN(C)c1noc(C2(N)CC2)n1.Cl. The highest BCUT2D eigenvalue weighted by atomic mass is 35.5. The minimum Gasteiger partial charge on any atom is -0.344 e. The second-order valence-corrected chi connectivity index (χ2v) is 3.45. The summed E-state index contributed by atoms with van der Waals surface area (Å²) >= 11 is 0. The minimum absolute atomic E-state index is 0. The van der Waals surface area contributed by atoms with Gasteiger partial charge < -0.3 is 15.2 Å². The summed E-state index contributed by atoms with van der Waals surface area (Å²) in [6, 6.07) is 0. The van der Waals surface area contributed by atoms with Crippen molar-refractivity contribution >= 4 is 18.4 Å². The quantitative estimate of drug-likeness (QED) is 0.760. The van der Waals surface area contributed by atoms with E-state index in [1.54, 1.807) is 4.90 Å². The van der Waals surface area contributed by atoms with E-state index in [4.69, 9.17) is 10.3 Å². The molecule has 6 heteroatoms. The van der Waals surface area contributed by atoms with Crippen LogP contribution in [0.25, 0.3) is 0 Å². The summed E-state index contributed by atoms with van der Waals surface area (Å²) in [5.74, 6) is 1.15. The van der Waals surface area contributed by atoms with Crippen molar-refractivity contribution in [2.45, 2.75) is 18.4 Å². The Hall–Kier alpha value is -0.810. The molecule has 0 bridgehead atoms. The number of rotatable bonds is 2. The number of hydrogen-bond donors (Lipinski definition) is 1. The summed E-state index contributed by atoms with van der Waals surface area (Å²) in [5.41, 5.74) is 5.55. The topological polar surface area (TPSA) is 68.2 Å². The predicted molar refractivity (Wildman–Crippen MR) is 51.0 cm³/mol. The van der Waals surface area contributed by atoms with Crippen molar-refractivity contribution in [1.29, 1.82) is 0 Å². The van der Waals surface area contributed by atoms with Gasteiger partial charge in [-0.05, 0) is 18.0 Å². The average Bonchev–Trinajstić information content (AvgIpc) is 2.61. The van der Waals surface area contributed by atoms with Gasteiger partial charge in [-0.3, -0.25) is 0 Å². The third kappa shape index (κ3) is 1.76. The van der Waals surface area contributed by atoms with E-state index in [2.05, 4.69) is 10.1 Å². The summed E-state index contributed by atoms with van der Waals surface area (Å²) in [4.78, 5) is 5.96. The van der Waals surface area contributed by atoms with Crippen LogP contribution in [0.4, 0.5) is 5.95 Å². The van der Waals surface area contributed by atoms with E-state index in [-0.39, 0.29) is 17.9 Å². The molecule has 2 N–H and O–H groups in total. The lowest BCUT2D eigenvalue weighted by Crippen LogP contribution is -2.19. The molecule has 0 aliphatic heterocycles. The fourth-order valence-corrected chi connectivity index (χ4v) is 0.948. The van der Waals surface area contributed by atoms with Crippen LogP contribution in [-0.4, -0.2) is 24.2 Å². The van der Waals surface area contributed by atoms with Crippen molar-refractivity contribution in [1.82, 2.24) is 10.1 Å². The van der Waals surface area contributed by atoms with Crippen LogP contribution in [0.3, 0.4) is 0 Å². The van der Waals surface area contributed by atoms with Crippen LogP contribution >= 0.6 is 12.4 Å². The minimum atomic E-state index is -0.318. The van der Waals surface area contributed by atoms with Crippen molar-refractivity contribution < 1.29 is 4.52 Å². The molecule has 0 unspecified atom stereocenters. The fourth-order valence-electron chi connectivity index (χ4n) is 0.948. The number of hydrogen-bond acceptors (Lipinski definition) is 5. The van der Waals surface area contributed by atoms with E-state index in [1.165, 1.54) is 0 Å². The Morgan fingerprint density at radius 2 is 2.08 bits per heavy atom. The molecule has 2 rings (SSSR count). The zero-order chi connectivity index (χ0) is 8.77. The number of aromatic nitrogens is 2. The van der Waals surface area contributed by atoms with Crippen molar-refractivity contribution in [2.24, 2.45) is 5.73 Å². The van der Waals surface area contributed by atoms with Crippen molar-refractivity contribution in [3.05, 3.63) is 5.89 Å². The summed E-state index contributed by atoms with van der Waals surface area (Å²) in [5, 5.41) is 3.78. The molecule has 1 aromatic heterocycles. The van der Waals surface area contributed by atoms with Gasteiger partial charge in [0.15, 0.2) is 0 Å². The lowest BCUT2D eigenvalue weighted by molar-refractivity contribution is 0.347. The van der Waals surface area contributed by atoms with Gasteiger partial charge in [0, 0.05) is 14.1 Å². The molecule has 74 valence electrons. The van der Waals surface area contributed by atoms with Gasteiger partial charge in [0.2, 0.25) is 5.89 Å². The molecule has 1 fully saturated rings. The summed E-state index contributed by atoms with van der Waals surface area (Å²) in [6.45, 7) is 0. The first-order valence-corrected chi connectivity index (χ1v) is 3.92. The second-order valence-electron chi connectivity index (χ2n) is 3.45. The van der Waals surface area contributed by atoms with Gasteiger partial charge >= 0.3 is 0 Å². The van der Waals surface area contributed by atoms with Crippen LogP contribution in [-0.2, 0) is 5.54 Å². The molecular formula is C7H13ClN4O. The van der Waals surface area contributed by atoms with Crippen LogP contribution in [0.15, 0.2) is 4.52 Å². The molecule has 13 heavy (non-hydrogen) atoms. The van der Waals surface area contributed by atoms with Crippen molar-refractivity contribution in [3.63, 3.8) is 0 Å². The maximum absolute atomic E-state index is 5.87. The second kappa shape index (κ2) is 3.16. The predicted octanol–water partition coefficient (Wildman–Crippen LogP) is 0.505. The molecule has 0 spiro atoms. The zero-order valence-corrected chi connectivity index (χ0v) is 8.47. The highest BCUT2D eigenvalue weighted by Crippen LogP contribution is 2.41. The molecule has 5 nitrogen and oxygen atoms in total. The van der Waals surface area contributed by atoms with E-state index in [9.17, 15) is 0 Å². The summed E-state index contributed by atoms with van der Waals surface area (Å²) in [6.07, 6.45) is 1.89. The number of halogens is 1. The Bertz CT molecular complexity index is 294. The Kier molecular flexibility index (Phi) is 2.49. The molecule has 0 aromatic carbocycles. The molecule has 1 heterocycles. The smallest absolute Gasteiger partial charge is 0.265 e. The zero-order valence-electron chi connectivity index (χ0n) is 7.65. The Labute approximate surface area is 82.7 Å². The van der Waals surface area contributed by atoms with Gasteiger partial charge in [-0.25, -0.2) is 0 Å². The maximum Gasteiger partial charge on any atom is 0.265 e. The molecule has 0 amide bonds. The number of nitrogens with two attached hydrogens (primary N) is 1. The Morgan fingerprint density at radius 1 is 1.46 bits per heavy atom. The molecule has 1 aliphatic carbocycles. The largest absolute Gasteiger partial charge is 0.344 e. The van der Waals surface area contributed by atoms with E-state index < -0.39 is 0 Å². The van der Waals surface area contributed by atoms with Crippen LogP contribution in [0.2, 0.25) is 0 Å². The van der Waals surface area contributed by atoms with Gasteiger partial charge in [-0.15, -0.1) is 12.4 Å². The molecule has 0 saturated heterocycles. The number of anilines is 1. The van der Waals surface area contributed by atoms with E-state index >= 15 is 0 Å². The van der Waals surface area contributed by atoms with Gasteiger partial charge in [0.25, 0.3) is 5.95 Å². The average molecular weight is 205 g/mol. The van der Waals surface area contributed by atoms with E-state index in [1.807, 2.05) is 14.1 Å². The van der Waals surface area contributed by atoms with Crippen LogP contribution in [0, 0.1) is 0 Å². The normalized spacial score (nSPS) is 17.8. The molecule has 0 radical (unpaired) electrons. The lowest BCUT2D eigenvalue weighted by atomic mass is 10.3. The molecule has 1 saturated carbocycles. The molecule has 1 aromatic rings. The van der Waals surface area contributed by atoms with Crippen LogP contribution in [0.1, 0.15) is 18.7 Å². The first-order valence-electron chi connectivity index (χ1n) is 3.92. The highest BCUT2D eigenvalue weighted by Gasteiger charge is 2.45. The Balaban J connectivity index is 0.000000845. The summed E-state index contributed by atoms with van der Waals surface area (Å²) in [7, 11) is 3.73. The van der Waals surface area contributed by atoms with Crippen LogP contribution in [0.5, 0.6) is 0 Å². The maximum atomic E-state index is 5.87. The van der Waals surface area contributed by atoms with Crippen molar-refractivity contribution in [2.75, 3.05) is 19.0 Å². The van der Waals surface area contributed by atoms with E-state index in [0.29, 0.717) is 11.8 Å². The standard InChI is InChI=1S/C7H12N4O.ClH/c1-11(2)6-9-5(12-10-6)7(8)3-4-7;/h3-4,8H2,1-2H3;1H. The third-order valence-electron chi connectivity index (χ3n) is 2.03. The molecular weight excluding hydrogens is 192 g/mol. The van der Waals surface area contributed by atoms with Gasteiger partial charge in [0.1, 0.15) is 0 Å². The summed E-state index contributed by atoms with van der Waals surface area (Å²) < 4.78 is 5.03. The van der Waals surface area contributed by atoms with Gasteiger partial charge in [-0.2, -0.15) is 4.98 Å². The fraction of sp³-hybridized carbons (Fsp3) is 0.714. The molecule has 0 atom stereocenters. The number of nitrogens with zero attached hydrogens (tertiary/aromatic N) is 3. The van der Waals surface area contributed by atoms with E-state index in [0.717, 1.165) is 12.8 Å². The van der Waals surface area contributed by atoms with Gasteiger partial charge in [-0.1, -0.05) is 0 Å². The first kappa shape index (κ1) is 10.3. The first-order chi connectivity index (χ1) is 5.62. The highest BCUT2D eigenvalue weighted by molar-refractivity contribution is 5.85. The monoisotopic (exact) mass is 204 g/mol.